The Morgan fingerprint density at radius 2 is 1.75 bits per heavy atom. The Kier molecular flexibility index (Phi) is 6.82. The van der Waals surface area contributed by atoms with Crippen LogP contribution in [0.5, 0.6) is 5.75 Å². The van der Waals surface area contributed by atoms with Crippen molar-refractivity contribution in [2.24, 2.45) is 0 Å². The van der Waals surface area contributed by atoms with Crippen LogP contribution < -0.4 is 9.46 Å². The van der Waals surface area contributed by atoms with Crippen LogP contribution in [0.4, 0.5) is 0 Å². The van der Waals surface area contributed by atoms with Gasteiger partial charge in [0.05, 0.1) is 5.75 Å². The van der Waals surface area contributed by atoms with Gasteiger partial charge in [-0.1, -0.05) is 36.4 Å². The molecular weight excluding hydrogens is 322 g/mol. The molecule has 0 atom stereocenters. The molecule has 130 valence electrons. The standard InChI is InChI=1S/C19H25NO3S/c1-16-10-11-19(15-17(16)2)23-13-12-20-24(21,22)14-6-9-18-7-4-3-5-8-18/h3-5,7-8,10-11,15,20H,6,9,12-14H2,1-2H3. The summed E-state index contributed by atoms with van der Waals surface area (Å²) in [5.74, 6) is 0.896. The minimum Gasteiger partial charge on any atom is -0.492 e. The Labute approximate surface area is 144 Å². The van der Waals surface area contributed by atoms with E-state index in [1.165, 1.54) is 5.56 Å². The zero-order valence-corrected chi connectivity index (χ0v) is 15.1. The van der Waals surface area contributed by atoms with Crippen LogP contribution in [-0.2, 0) is 16.4 Å². The summed E-state index contributed by atoms with van der Waals surface area (Å²) in [7, 11) is -3.25. The van der Waals surface area contributed by atoms with Gasteiger partial charge in [-0.3, -0.25) is 0 Å². The number of ether oxygens (including phenoxy) is 1. The summed E-state index contributed by atoms with van der Waals surface area (Å²) in [6, 6.07) is 15.8. The van der Waals surface area contributed by atoms with E-state index in [4.69, 9.17) is 4.74 Å². The fourth-order valence-electron chi connectivity index (χ4n) is 2.35. The van der Waals surface area contributed by atoms with E-state index in [0.29, 0.717) is 13.0 Å². The monoisotopic (exact) mass is 347 g/mol. The molecule has 2 rings (SSSR count). The summed E-state index contributed by atoms with van der Waals surface area (Å²) in [5.41, 5.74) is 3.53. The van der Waals surface area contributed by atoms with Crippen LogP contribution in [0.1, 0.15) is 23.1 Å². The van der Waals surface area contributed by atoms with Gasteiger partial charge in [-0.25, -0.2) is 13.1 Å². The molecule has 2 aromatic rings. The van der Waals surface area contributed by atoms with E-state index in [9.17, 15) is 8.42 Å². The van der Waals surface area contributed by atoms with Crippen molar-refractivity contribution in [1.82, 2.24) is 4.72 Å². The SMILES string of the molecule is Cc1ccc(OCCNS(=O)(=O)CCCc2ccccc2)cc1C. The van der Waals surface area contributed by atoms with E-state index in [1.807, 2.05) is 62.4 Å². The topological polar surface area (TPSA) is 55.4 Å². The summed E-state index contributed by atoms with van der Waals surface area (Å²) < 4.78 is 32.1. The molecule has 4 nitrogen and oxygen atoms in total. The zero-order valence-electron chi connectivity index (χ0n) is 14.3. The highest BCUT2D eigenvalue weighted by Crippen LogP contribution is 2.16. The van der Waals surface area contributed by atoms with Crippen molar-refractivity contribution in [3.05, 3.63) is 65.2 Å². The van der Waals surface area contributed by atoms with Crippen LogP contribution in [0, 0.1) is 13.8 Å². The first kappa shape index (κ1) is 18.5. The molecule has 0 radical (unpaired) electrons. The highest BCUT2D eigenvalue weighted by Gasteiger charge is 2.09. The van der Waals surface area contributed by atoms with Crippen molar-refractivity contribution >= 4 is 10.0 Å². The lowest BCUT2D eigenvalue weighted by molar-refractivity contribution is 0.322. The predicted molar refractivity (Wildman–Crippen MR) is 98.0 cm³/mol. The van der Waals surface area contributed by atoms with Gasteiger partial charge >= 0.3 is 0 Å². The van der Waals surface area contributed by atoms with Crippen LogP contribution in [0.15, 0.2) is 48.5 Å². The van der Waals surface area contributed by atoms with Crippen molar-refractivity contribution in [1.29, 1.82) is 0 Å². The molecule has 0 bridgehead atoms. The average Bonchev–Trinajstić information content (AvgIpc) is 2.56. The van der Waals surface area contributed by atoms with Crippen molar-refractivity contribution in [3.63, 3.8) is 0 Å². The molecule has 0 aliphatic rings. The molecule has 0 saturated heterocycles. The van der Waals surface area contributed by atoms with Gasteiger partial charge < -0.3 is 4.74 Å². The minimum absolute atomic E-state index is 0.130. The maximum absolute atomic E-state index is 12.0. The second-order valence-corrected chi connectivity index (χ2v) is 7.82. The van der Waals surface area contributed by atoms with Gasteiger partial charge in [-0.05, 0) is 55.5 Å². The second kappa shape index (κ2) is 8.85. The largest absolute Gasteiger partial charge is 0.492 e. The Bertz CT molecular complexity index is 742. The van der Waals surface area contributed by atoms with E-state index >= 15 is 0 Å². The van der Waals surface area contributed by atoms with Gasteiger partial charge in [-0.15, -0.1) is 0 Å². The Morgan fingerprint density at radius 3 is 2.46 bits per heavy atom. The third-order valence-electron chi connectivity index (χ3n) is 3.89. The number of rotatable bonds is 9. The molecule has 0 saturated carbocycles. The summed E-state index contributed by atoms with van der Waals surface area (Å²) in [5, 5.41) is 0. The van der Waals surface area contributed by atoms with Crippen molar-refractivity contribution in [3.8, 4) is 5.75 Å². The molecule has 2 aromatic carbocycles. The van der Waals surface area contributed by atoms with Gasteiger partial charge in [-0.2, -0.15) is 0 Å². The first-order valence-corrected chi connectivity index (χ1v) is 9.83. The lowest BCUT2D eigenvalue weighted by Crippen LogP contribution is -2.30. The summed E-state index contributed by atoms with van der Waals surface area (Å²) in [4.78, 5) is 0. The summed E-state index contributed by atoms with van der Waals surface area (Å²) in [6.45, 7) is 4.67. The number of aryl methyl sites for hydroxylation is 3. The molecule has 0 aliphatic heterocycles. The molecule has 0 fully saturated rings. The van der Waals surface area contributed by atoms with Gasteiger partial charge in [0, 0.05) is 6.54 Å². The third kappa shape index (κ3) is 6.34. The van der Waals surface area contributed by atoms with Gasteiger partial charge in [0.2, 0.25) is 10.0 Å². The van der Waals surface area contributed by atoms with Gasteiger partial charge in [0.25, 0.3) is 0 Å². The van der Waals surface area contributed by atoms with Gasteiger partial charge in [0.15, 0.2) is 0 Å². The first-order chi connectivity index (χ1) is 11.5. The van der Waals surface area contributed by atoms with Crippen molar-refractivity contribution in [2.75, 3.05) is 18.9 Å². The third-order valence-corrected chi connectivity index (χ3v) is 5.36. The van der Waals surface area contributed by atoms with Crippen LogP contribution in [0.3, 0.4) is 0 Å². The maximum atomic E-state index is 12.0. The van der Waals surface area contributed by atoms with E-state index < -0.39 is 10.0 Å². The minimum atomic E-state index is -3.25. The number of benzene rings is 2. The lowest BCUT2D eigenvalue weighted by atomic mass is 10.1. The summed E-state index contributed by atoms with van der Waals surface area (Å²) in [6.07, 6.45) is 1.37. The van der Waals surface area contributed by atoms with Crippen molar-refractivity contribution < 1.29 is 13.2 Å². The van der Waals surface area contributed by atoms with Gasteiger partial charge in [0.1, 0.15) is 12.4 Å². The highest BCUT2D eigenvalue weighted by molar-refractivity contribution is 7.89. The van der Waals surface area contributed by atoms with Crippen molar-refractivity contribution in [2.45, 2.75) is 26.7 Å². The molecule has 1 N–H and O–H groups in total. The molecule has 0 aliphatic carbocycles. The molecule has 0 aromatic heterocycles. The van der Waals surface area contributed by atoms with Crippen LogP contribution in [0.25, 0.3) is 0 Å². The normalized spacial score (nSPS) is 11.4. The maximum Gasteiger partial charge on any atom is 0.211 e. The van der Waals surface area contributed by atoms with Crippen LogP contribution >= 0.6 is 0 Å². The number of hydrogen-bond acceptors (Lipinski definition) is 3. The average molecular weight is 347 g/mol. The smallest absolute Gasteiger partial charge is 0.211 e. The molecule has 5 heteroatoms. The molecule has 0 amide bonds. The second-order valence-electron chi connectivity index (χ2n) is 5.90. The Hall–Kier alpha value is -1.85. The quantitative estimate of drug-likeness (QED) is 0.709. The van der Waals surface area contributed by atoms with Crippen LogP contribution in [0.2, 0.25) is 0 Å². The molecule has 0 spiro atoms. The van der Waals surface area contributed by atoms with Crippen LogP contribution in [-0.4, -0.2) is 27.3 Å². The molecule has 24 heavy (non-hydrogen) atoms. The summed E-state index contributed by atoms with van der Waals surface area (Å²) >= 11 is 0. The van der Waals surface area contributed by atoms with E-state index in [0.717, 1.165) is 23.3 Å². The number of hydrogen-bond donors (Lipinski definition) is 1. The first-order valence-electron chi connectivity index (χ1n) is 8.17. The Balaban J connectivity index is 1.67. The number of nitrogens with one attached hydrogen (secondary N) is 1. The molecule has 0 unspecified atom stereocenters. The number of sulfonamides is 1. The van der Waals surface area contributed by atoms with E-state index in [-0.39, 0.29) is 12.3 Å². The molecular formula is C19H25NO3S. The lowest BCUT2D eigenvalue weighted by Gasteiger charge is -2.10. The fraction of sp³-hybridized carbons (Fsp3) is 0.368. The fourth-order valence-corrected chi connectivity index (χ4v) is 3.42. The predicted octanol–water partition coefficient (Wildman–Crippen LogP) is 3.23. The van der Waals surface area contributed by atoms with E-state index in [2.05, 4.69) is 4.72 Å². The molecule has 0 heterocycles. The zero-order chi connectivity index (χ0) is 17.4. The Morgan fingerprint density at radius 1 is 1.00 bits per heavy atom. The van der Waals surface area contributed by atoms with E-state index in [1.54, 1.807) is 0 Å². The highest BCUT2D eigenvalue weighted by atomic mass is 32.2.